The lowest BCUT2D eigenvalue weighted by atomic mass is 9.79. The maximum atomic E-state index is 13.5. The normalized spacial score (nSPS) is 21.3. The van der Waals surface area contributed by atoms with E-state index in [1.807, 2.05) is 19.9 Å². The number of ether oxygens (including phenoxy) is 5. The molecule has 0 aliphatic carbocycles. The summed E-state index contributed by atoms with van der Waals surface area (Å²) >= 11 is 0. The minimum atomic E-state index is -1.07. The van der Waals surface area contributed by atoms with E-state index in [1.54, 1.807) is 14.0 Å². The van der Waals surface area contributed by atoms with Gasteiger partial charge in [-0.3, -0.25) is 4.79 Å². The smallest absolute Gasteiger partial charge is 0.223 e. The zero-order valence-electron chi connectivity index (χ0n) is 39.6. The molecule has 2 fully saturated rings. The van der Waals surface area contributed by atoms with Gasteiger partial charge < -0.3 is 29.4 Å². The Hall–Kier alpha value is -6.11. The van der Waals surface area contributed by atoms with E-state index in [-0.39, 0.29) is 24.5 Å². The number of rotatable bonds is 20. The quantitative estimate of drug-likeness (QED) is 0.0598. The maximum Gasteiger partial charge on any atom is 0.223 e. The van der Waals surface area contributed by atoms with Crippen molar-refractivity contribution in [1.82, 2.24) is 0 Å². The van der Waals surface area contributed by atoms with Crippen molar-refractivity contribution in [3.05, 3.63) is 12.2 Å². The molecule has 2 aliphatic rings. The van der Waals surface area contributed by atoms with Gasteiger partial charge in [0.15, 0.2) is 12.1 Å². The Morgan fingerprint density at radius 1 is 0.646 bits per heavy atom. The number of unbranched alkanes of at least 4 members (excludes halogenated alkanes) is 10. The molecule has 0 aromatic carbocycles. The molecule has 7 nitrogen and oxygen atoms in total. The Kier molecular flexibility index (Phi) is 29.0. The highest BCUT2D eigenvalue weighted by Gasteiger charge is 2.48. The minimum Gasteiger partial charge on any atom is -0.382 e. The summed E-state index contributed by atoms with van der Waals surface area (Å²) in [6, 6.07) is -1.07. The van der Waals surface area contributed by atoms with Crippen molar-refractivity contribution in [2.24, 2.45) is 29.4 Å². The fraction of sp³-hybridized carbons (Fsp3) is 0.534. The van der Waals surface area contributed by atoms with E-state index in [1.165, 1.54) is 57.8 Å². The first-order chi connectivity index (χ1) is 31.6. The maximum absolute atomic E-state index is 13.5. The summed E-state index contributed by atoms with van der Waals surface area (Å²) in [5.41, 5.74) is 6.73. The average Bonchev–Trinajstić information content (AvgIpc) is 3.60. The second kappa shape index (κ2) is 34.3. The number of methoxy groups -OCH3 is 1. The summed E-state index contributed by atoms with van der Waals surface area (Å²) in [6.45, 7) is 14.7. The summed E-state index contributed by atoms with van der Waals surface area (Å²) in [7, 11) is 1.66. The molecule has 2 saturated heterocycles. The van der Waals surface area contributed by atoms with Crippen LogP contribution in [-0.2, 0) is 28.5 Å². The lowest BCUT2D eigenvalue weighted by Gasteiger charge is -2.43. The summed E-state index contributed by atoms with van der Waals surface area (Å²) in [5.74, 6) is 59.9. The van der Waals surface area contributed by atoms with Crippen molar-refractivity contribution in [2.75, 3.05) is 20.3 Å². The van der Waals surface area contributed by atoms with E-state index < -0.39 is 42.0 Å². The highest BCUT2D eigenvalue weighted by atomic mass is 16.8. The molecule has 0 bridgehead atoms. The fourth-order valence-corrected chi connectivity index (χ4v) is 6.98. The number of hydrogen-bond acceptors (Lipinski definition) is 7. The van der Waals surface area contributed by atoms with Crippen molar-refractivity contribution >= 4 is 5.78 Å². The number of carbonyl (C=O) groups is 1. The van der Waals surface area contributed by atoms with Crippen molar-refractivity contribution < 1.29 is 28.5 Å². The summed E-state index contributed by atoms with van der Waals surface area (Å²) in [5, 5.41) is 0. The summed E-state index contributed by atoms with van der Waals surface area (Å²) in [4.78, 5) is 13.5. The van der Waals surface area contributed by atoms with Crippen LogP contribution in [0.3, 0.4) is 0 Å². The van der Waals surface area contributed by atoms with Crippen molar-refractivity contribution in [3.63, 3.8) is 0 Å². The molecule has 65 heavy (non-hydrogen) atoms. The first kappa shape index (κ1) is 55.0. The van der Waals surface area contributed by atoms with Crippen LogP contribution in [-0.4, -0.2) is 62.5 Å². The van der Waals surface area contributed by atoms with Gasteiger partial charge in [-0.05, 0) is 146 Å². The molecule has 2 rings (SSSR count). The fourth-order valence-electron chi connectivity index (χ4n) is 6.98. The van der Waals surface area contributed by atoms with Gasteiger partial charge in [-0.2, -0.15) is 0 Å². The number of carbonyl (C=O) groups excluding carboxylic acids is 1. The van der Waals surface area contributed by atoms with Gasteiger partial charge in [-0.1, -0.05) is 104 Å². The van der Waals surface area contributed by atoms with Gasteiger partial charge in [0.2, 0.25) is 5.78 Å². The Bertz CT molecular complexity index is 2370. The topological polar surface area (TPSA) is 89.2 Å². The number of hydrogen-bond donors (Lipinski definition) is 1. The van der Waals surface area contributed by atoms with Crippen LogP contribution in [0.4, 0.5) is 0 Å². The highest BCUT2D eigenvalue weighted by molar-refractivity contribution is 6.00. The molecule has 2 aliphatic heterocycles. The van der Waals surface area contributed by atoms with Gasteiger partial charge in [-0.25, -0.2) is 0 Å². The monoisotopic (exact) mass is 869 g/mol. The number of allylic oxidation sites excluding steroid dienone is 1. The van der Waals surface area contributed by atoms with Gasteiger partial charge in [0.05, 0.1) is 31.5 Å². The zero-order chi connectivity index (χ0) is 47.4. The van der Waals surface area contributed by atoms with Gasteiger partial charge in [0, 0.05) is 54.5 Å². The molecular formula is C58H63NO6. The van der Waals surface area contributed by atoms with Crippen LogP contribution in [0, 0.1) is 166 Å². The molecule has 0 amide bonds. The number of Topliss-reactive ketones (excluding diaryl/α,β-unsaturated/α-hetero) is 1. The predicted octanol–water partition coefficient (Wildman–Crippen LogP) is 7.24. The van der Waals surface area contributed by atoms with E-state index in [0.717, 1.165) is 12.8 Å². The second-order valence-electron chi connectivity index (χ2n) is 16.1. The van der Waals surface area contributed by atoms with Gasteiger partial charge in [0.25, 0.3) is 0 Å². The lowest BCUT2D eigenvalue weighted by Crippen LogP contribution is -2.51. The van der Waals surface area contributed by atoms with Gasteiger partial charge in [-0.15, -0.1) is 0 Å². The molecule has 0 saturated carbocycles. The van der Waals surface area contributed by atoms with Gasteiger partial charge >= 0.3 is 0 Å². The van der Waals surface area contributed by atoms with Crippen LogP contribution in [0.1, 0.15) is 119 Å². The first-order valence-corrected chi connectivity index (χ1v) is 22.6. The molecule has 2 N–H and O–H groups in total. The molecule has 0 aromatic heterocycles. The zero-order valence-corrected chi connectivity index (χ0v) is 39.6. The number of ketones is 1. The van der Waals surface area contributed by atoms with Crippen molar-refractivity contribution in [2.45, 2.75) is 156 Å². The van der Waals surface area contributed by atoms with Crippen LogP contribution in [0.15, 0.2) is 12.2 Å². The summed E-state index contributed by atoms with van der Waals surface area (Å²) < 4.78 is 31.2. The third kappa shape index (κ3) is 24.0. The second-order valence-corrected chi connectivity index (χ2v) is 16.1. The highest BCUT2D eigenvalue weighted by Crippen LogP contribution is 2.38. The molecule has 7 heteroatoms. The predicted molar refractivity (Wildman–Crippen MR) is 259 cm³/mol. The Morgan fingerprint density at radius 2 is 1.11 bits per heavy atom. The minimum absolute atomic E-state index is 0.0866. The molecule has 0 radical (unpaired) electrons. The third-order valence-electron chi connectivity index (χ3n) is 10.8. The van der Waals surface area contributed by atoms with E-state index in [9.17, 15) is 4.79 Å². The molecule has 0 spiro atoms. The van der Waals surface area contributed by atoms with E-state index >= 15 is 0 Å². The Labute approximate surface area is 392 Å². The molecule has 3 unspecified atom stereocenters. The summed E-state index contributed by atoms with van der Waals surface area (Å²) in [6.07, 6.45) is 16.2. The molecular weight excluding hydrogens is 807 g/mol. The van der Waals surface area contributed by atoms with E-state index in [2.05, 4.69) is 176 Å². The molecule has 2 heterocycles. The largest absolute Gasteiger partial charge is 0.382 e. The third-order valence-corrected chi connectivity index (χ3v) is 10.8. The van der Waals surface area contributed by atoms with Crippen LogP contribution in [0.2, 0.25) is 0 Å². The molecule has 0 aromatic rings. The molecule has 9 atom stereocenters. The van der Waals surface area contributed by atoms with Crippen LogP contribution in [0.25, 0.3) is 0 Å². The first-order valence-electron chi connectivity index (χ1n) is 22.6. The van der Waals surface area contributed by atoms with E-state index in [0.29, 0.717) is 12.5 Å². The van der Waals surface area contributed by atoms with Crippen LogP contribution >= 0.6 is 0 Å². The SMILES string of the molecule is CC#CC#CC#CC#CC#CC#CC#CC#CC#CC#CC#CC#CC(=O)C(N)[C@@H](CO[C@H]1OC(COC)[C@H](C)[C@H](C)C1C)[C@@H]1OC(C)(C)O[C@@H]1C=CCCCCCCCCCCCC. The van der Waals surface area contributed by atoms with Gasteiger partial charge in [0.1, 0.15) is 6.10 Å². The van der Waals surface area contributed by atoms with Crippen LogP contribution in [0.5, 0.6) is 0 Å². The Balaban J connectivity index is 2.11. The van der Waals surface area contributed by atoms with E-state index in [4.69, 9.17) is 29.4 Å². The van der Waals surface area contributed by atoms with Crippen molar-refractivity contribution in [1.29, 1.82) is 0 Å². The molecule has 336 valence electrons. The average molecular weight is 870 g/mol. The standard InChI is InChI=1S/C58H63NO6/c1-9-11-13-15-17-19-21-23-24-25-26-27-28-29-30-31-32-33-34-36-38-40-42-44-52(60)55(59)51(46-62-57-50(5)48(3)49(4)54(63-57)47-61-8)56-53(64-58(6,7)65-56)45-43-41-39-37-35-22-20-18-16-14-12-10-2/h43,45,48-51,53-57H,10,12,14,16,18,20,22,35,37,39,41,46-47,59H2,1-8H3/t48-,49+,50?,51+,53+,54?,55?,56-,57-/m0/s1. The van der Waals surface area contributed by atoms with Crippen molar-refractivity contribution in [3.8, 4) is 142 Å². The lowest BCUT2D eigenvalue weighted by molar-refractivity contribution is -0.261. The number of nitrogens with two attached hydrogens (primary N) is 1. The van der Waals surface area contributed by atoms with Crippen LogP contribution < -0.4 is 5.73 Å². The Morgan fingerprint density at radius 3 is 1.58 bits per heavy atom.